The molecule has 0 radical (unpaired) electrons. The van der Waals surface area contributed by atoms with E-state index in [9.17, 15) is 10.2 Å². The minimum Gasteiger partial charge on any atom is -0.489 e. The first-order chi connectivity index (χ1) is 10.5. The van der Waals surface area contributed by atoms with Gasteiger partial charge < -0.3 is 14.9 Å². The lowest BCUT2D eigenvalue weighted by atomic mass is 10.2. The van der Waals surface area contributed by atoms with Gasteiger partial charge in [-0.25, -0.2) is 0 Å². The topological polar surface area (TPSA) is 56.2 Å². The van der Waals surface area contributed by atoms with Gasteiger partial charge in [0.2, 0.25) is 0 Å². The van der Waals surface area contributed by atoms with Crippen molar-refractivity contribution in [2.24, 2.45) is 0 Å². The van der Waals surface area contributed by atoms with Crippen LogP contribution < -0.4 is 4.74 Å². The number of aliphatic hydroxyl groups is 2. The molecule has 1 heterocycles. The lowest BCUT2D eigenvalue weighted by Crippen LogP contribution is -2.54. The van der Waals surface area contributed by atoms with E-state index in [1.807, 2.05) is 7.05 Å². The number of piperazine rings is 1. The first-order valence-electron chi connectivity index (χ1n) is 7.29. The van der Waals surface area contributed by atoms with Crippen molar-refractivity contribution in [2.75, 3.05) is 46.4 Å². The number of aliphatic hydroxyl groups excluding tert-OH is 2. The van der Waals surface area contributed by atoms with Crippen molar-refractivity contribution in [1.29, 1.82) is 0 Å². The lowest BCUT2D eigenvalue weighted by Gasteiger charge is -2.39. The molecule has 1 aromatic carbocycles. The Morgan fingerprint density at radius 1 is 1.36 bits per heavy atom. The van der Waals surface area contributed by atoms with Crippen LogP contribution in [-0.2, 0) is 0 Å². The fourth-order valence-electron chi connectivity index (χ4n) is 2.50. The van der Waals surface area contributed by atoms with Crippen molar-refractivity contribution in [3.05, 3.63) is 28.2 Å². The van der Waals surface area contributed by atoms with Crippen LogP contribution in [0.2, 0.25) is 10.0 Å². The van der Waals surface area contributed by atoms with Gasteiger partial charge in [0, 0.05) is 37.2 Å². The Labute approximate surface area is 141 Å². The molecule has 7 heteroatoms. The number of hydrogen-bond acceptors (Lipinski definition) is 5. The zero-order chi connectivity index (χ0) is 16.1. The third kappa shape index (κ3) is 4.98. The molecule has 5 nitrogen and oxygen atoms in total. The fraction of sp³-hybridized carbons (Fsp3) is 0.600. The summed E-state index contributed by atoms with van der Waals surface area (Å²) in [5.74, 6) is 0.511. The van der Waals surface area contributed by atoms with Gasteiger partial charge in [-0.3, -0.25) is 9.80 Å². The summed E-state index contributed by atoms with van der Waals surface area (Å²) >= 11 is 11.9. The van der Waals surface area contributed by atoms with Crippen LogP contribution in [0.3, 0.4) is 0 Å². The summed E-state index contributed by atoms with van der Waals surface area (Å²) in [6.45, 7) is 3.28. The maximum atomic E-state index is 10.1. The molecule has 1 aliphatic rings. The van der Waals surface area contributed by atoms with Gasteiger partial charge in [-0.1, -0.05) is 23.2 Å². The molecular weight excluding hydrogens is 327 g/mol. The summed E-state index contributed by atoms with van der Waals surface area (Å²) in [4.78, 5) is 4.27. The van der Waals surface area contributed by atoms with E-state index in [0.29, 0.717) is 22.3 Å². The first kappa shape index (κ1) is 17.8. The third-order valence-electron chi connectivity index (χ3n) is 3.87. The average molecular weight is 349 g/mol. The number of β-amino-alcohol motifs (C(OH)–C–C–N with tert-alkyl or cyclic N) is 1. The summed E-state index contributed by atoms with van der Waals surface area (Å²) in [6, 6.07) is 5.11. The molecule has 1 fully saturated rings. The van der Waals surface area contributed by atoms with Crippen LogP contribution in [0.15, 0.2) is 18.2 Å². The molecule has 2 atom stereocenters. The number of rotatable bonds is 6. The fourth-order valence-corrected chi connectivity index (χ4v) is 2.97. The summed E-state index contributed by atoms with van der Waals surface area (Å²) in [5, 5.41) is 20.4. The Balaban J connectivity index is 1.79. The van der Waals surface area contributed by atoms with Crippen LogP contribution in [0.4, 0.5) is 0 Å². The van der Waals surface area contributed by atoms with Gasteiger partial charge in [-0.2, -0.15) is 0 Å². The van der Waals surface area contributed by atoms with E-state index in [2.05, 4.69) is 9.80 Å². The minimum absolute atomic E-state index is 0.118. The lowest BCUT2D eigenvalue weighted by molar-refractivity contribution is 0.0175. The Kier molecular flexibility index (Phi) is 6.74. The Hall–Kier alpha value is -0.560. The number of halogens is 2. The van der Waals surface area contributed by atoms with Gasteiger partial charge in [0.05, 0.1) is 11.6 Å². The van der Waals surface area contributed by atoms with E-state index in [0.717, 1.165) is 19.6 Å². The van der Waals surface area contributed by atoms with Crippen molar-refractivity contribution in [1.82, 2.24) is 9.80 Å². The van der Waals surface area contributed by atoms with E-state index in [1.54, 1.807) is 18.2 Å². The second kappa shape index (κ2) is 8.34. The van der Waals surface area contributed by atoms with Crippen molar-refractivity contribution < 1.29 is 14.9 Å². The molecule has 124 valence electrons. The van der Waals surface area contributed by atoms with Gasteiger partial charge in [-0.05, 0) is 25.2 Å². The molecule has 0 aliphatic carbocycles. The molecule has 0 saturated carbocycles. The number of nitrogens with zero attached hydrogens (tertiary/aromatic N) is 2. The van der Waals surface area contributed by atoms with E-state index in [4.69, 9.17) is 27.9 Å². The SMILES string of the molecule is CN1CCN(CC(O)COc2ccc(Cl)cc2Cl)CC1CO. The van der Waals surface area contributed by atoms with Crippen molar-refractivity contribution in [2.45, 2.75) is 12.1 Å². The van der Waals surface area contributed by atoms with Gasteiger partial charge in [0.15, 0.2) is 0 Å². The molecule has 22 heavy (non-hydrogen) atoms. The summed E-state index contributed by atoms with van der Waals surface area (Å²) < 4.78 is 5.54. The number of ether oxygens (including phenoxy) is 1. The Bertz CT molecular complexity index is 490. The second-order valence-electron chi connectivity index (χ2n) is 5.62. The maximum absolute atomic E-state index is 10.1. The highest BCUT2D eigenvalue weighted by Crippen LogP contribution is 2.27. The Morgan fingerprint density at radius 3 is 2.82 bits per heavy atom. The average Bonchev–Trinajstić information content (AvgIpc) is 2.48. The summed E-state index contributed by atoms with van der Waals surface area (Å²) in [6.07, 6.45) is -0.616. The van der Waals surface area contributed by atoms with Crippen LogP contribution in [0.25, 0.3) is 0 Å². The first-order valence-corrected chi connectivity index (χ1v) is 8.04. The van der Waals surface area contributed by atoms with Gasteiger partial charge in [-0.15, -0.1) is 0 Å². The van der Waals surface area contributed by atoms with Crippen molar-refractivity contribution in [3.8, 4) is 5.75 Å². The molecule has 2 rings (SSSR count). The smallest absolute Gasteiger partial charge is 0.138 e. The van der Waals surface area contributed by atoms with E-state index in [-0.39, 0.29) is 19.3 Å². The van der Waals surface area contributed by atoms with Gasteiger partial charge >= 0.3 is 0 Å². The van der Waals surface area contributed by atoms with Crippen molar-refractivity contribution in [3.63, 3.8) is 0 Å². The highest BCUT2D eigenvalue weighted by molar-refractivity contribution is 6.35. The minimum atomic E-state index is -0.616. The highest BCUT2D eigenvalue weighted by atomic mass is 35.5. The standard InChI is InChI=1S/C15H22Cl2N2O3/c1-18-4-5-19(7-12(18)9-20)8-13(21)10-22-15-3-2-11(16)6-14(15)17/h2-3,6,12-13,20-21H,4-5,7-10H2,1H3. The van der Waals surface area contributed by atoms with E-state index in [1.165, 1.54) is 0 Å². The van der Waals surface area contributed by atoms with Gasteiger partial charge in [0.1, 0.15) is 18.5 Å². The molecular formula is C15H22Cl2N2O3. The predicted molar refractivity (Wildman–Crippen MR) is 87.9 cm³/mol. The number of likely N-dealkylation sites (N-methyl/N-ethyl adjacent to an activating group) is 1. The molecule has 1 aliphatic heterocycles. The summed E-state index contributed by atoms with van der Waals surface area (Å²) in [5.41, 5.74) is 0. The highest BCUT2D eigenvalue weighted by Gasteiger charge is 2.25. The predicted octanol–water partition coefficient (Wildman–Crippen LogP) is 1.34. The van der Waals surface area contributed by atoms with Crippen LogP contribution in [0.1, 0.15) is 0 Å². The van der Waals surface area contributed by atoms with E-state index >= 15 is 0 Å². The van der Waals surface area contributed by atoms with Crippen LogP contribution in [-0.4, -0.2) is 78.6 Å². The molecule has 0 amide bonds. The Morgan fingerprint density at radius 2 is 2.14 bits per heavy atom. The second-order valence-corrected chi connectivity index (χ2v) is 6.46. The normalized spacial score (nSPS) is 21.8. The summed E-state index contributed by atoms with van der Waals surface area (Å²) in [7, 11) is 2.00. The zero-order valence-electron chi connectivity index (χ0n) is 12.6. The number of hydrogen-bond donors (Lipinski definition) is 2. The molecule has 0 spiro atoms. The third-order valence-corrected chi connectivity index (χ3v) is 4.40. The van der Waals surface area contributed by atoms with Crippen LogP contribution >= 0.6 is 23.2 Å². The quantitative estimate of drug-likeness (QED) is 0.812. The molecule has 2 unspecified atom stereocenters. The monoisotopic (exact) mass is 348 g/mol. The molecule has 0 aromatic heterocycles. The van der Waals surface area contributed by atoms with Crippen molar-refractivity contribution >= 4 is 23.2 Å². The largest absolute Gasteiger partial charge is 0.489 e. The molecule has 2 N–H and O–H groups in total. The van der Waals surface area contributed by atoms with E-state index < -0.39 is 6.10 Å². The zero-order valence-corrected chi connectivity index (χ0v) is 14.1. The molecule has 1 aromatic rings. The van der Waals surface area contributed by atoms with Gasteiger partial charge in [0.25, 0.3) is 0 Å². The molecule has 1 saturated heterocycles. The van der Waals surface area contributed by atoms with Crippen LogP contribution in [0.5, 0.6) is 5.75 Å². The number of benzene rings is 1. The molecule has 0 bridgehead atoms. The van der Waals surface area contributed by atoms with Crippen LogP contribution in [0, 0.1) is 0 Å². The maximum Gasteiger partial charge on any atom is 0.138 e.